The normalized spacial score (nSPS) is 11.0. The largest absolute Gasteiger partial charge is 0.325 e. The van der Waals surface area contributed by atoms with E-state index in [-0.39, 0.29) is 5.91 Å². The van der Waals surface area contributed by atoms with Crippen LogP contribution < -0.4 is 5.32 Å². The van der Waals surface area contributed by atoms with Crippen LogP contribution in [0.3, 0.4) is 0 Å². The Hall–Kier alpha value is -2.33. The number of carbonyl (C=O) groups is 1. The molecule has 1 N–H and O–H groups in total. The van der Waals surface area contributed by atoms with E-state index in [1.165, 1.54) is 11.8 Å². The van der Waals surface area contributed by atoms with Crippen molar-refractivity contribution in [3.8, 4) is 0 Å². The molecular weight excluding hydrogens is 316 g/mol. The van der Waals surface area contributed by atoms with Crippen molar-refractivity contribution in [2.24, 2.45) is 0 Å². The van der Waals surface area contributed by atoms with Crippen molar-refractivity contribution in [3.05, 3.63) is 66.4 Å². The van der Waals surface area contributed by atoms with Crippen LogP contribution in [0.1, 0.15) is 25.3 Å². The van der Waals surface area contributed by atoms with Crippen molar-refractivity contribution in [1.29, 1.82) is 0 Å². The van der Waals surface area contributed by atoms with E-state index >= 15 is 0 Å². The fraction of sp³-hybridized carbons (Fsp3) is 0.200. The van der Waals surface area contributed by atoms with Gasteiger partial charge in [0.25, 0.3) is 0 Å². The molecule has 0 spiro atoms. The summed E-state index contributed by atoms with van der Waals surface area (Å²) in [4.78, 5) is 17.8. The van der Waals surface area contributed by atoms with Crippen LogP contribution in [0, 0.1) is 0 Å². The number of amides is 1. The molecule has 122 valence electrons. The van der Waals surface area contributed by atoms with Gasteiger partial charge in [-0.15, -0.1) is 11.8 Å². The number of pyridine rings is 1. The number of para-hydroxylation sites is 2. The highest BCUT2D eigenvalue weighted by molar-refractivity contribution is 8.00. The van der Waals surface area contributed by atoms with Gasteiger partial charge in [-0.05, 0) is 29.7 Å². The molecule has 24 heavy (non-hydrogen) atoms. The fourth-order valence-electron chi connectivity index (χ4n) is 2.64. The van der Waals surface area contributed by atoms with Gasteiger partial charge in [-0.3, -0.25) is 9.78 Å². The summed E-state index contributed by atoms with van der Waals surface area (Å²) in [5.74, 6) is 0.736. The molecular formula is C20H20N2OS. The second-order valence-electron chi connectivity index (χ2n) is 5.91. The van der Waals surface area contributed by atoms with Gasteiger partial charge in [0.1, 0.15) is 0 Å². The van der Waals surface area contributed by atoms with Gasteiger partial charge >= 0.3 is 0 Å². The summed E-state index contributed by atoms with van der Waals surface area (Å²) in [5, 5.41) is 4.12. The maximum Gasteiger partial charge on any atom is 0.234 e. The molecule has 0 aliphatic heterocycles. The third-order valence-electron chi connectivity index (χ3n) is 3.81. The Morgan fingerprint density at radius 2 is 1.88 bits per heavy atom. The number of anilines is 1. The Bertz CT molecular complexity index is 856. The summed E-state index contributed by atoms with van der Waals surface area (Å²) in [6.07, 6.45) is 1.78. The lowest BCUT2D eigenvalue weighted by atomic mass is 10.0. The molecule has 0 atom stereocenters. The standard InChI is InChI=1S/C20H20N2OS/c1-14(2)16-9-3-4-10-17(16)22-19(23)13-24-18-11-5-7-15-8-6-12-21-20(15)18/h3-12,14H,13H2,1-2H3,(H,22,23). The number of thioether (sulfide) groups is 1. The Morgan fingerprint density at radius 1 is 1.08 bits per heavy atom. The maximum atomic E-state index is 12.3. The molecule has 3 aromatic rings. The van der Waals surface area contributed by atoms with Crippen LogP contribution in [0.5, 0.6) is 0 Å². The van der Waals surface area contributed by atoms with E-state index in [2.05, 4.69) is 30.2 Å². The predicted octanol–water partition coefficient (Wildman–Crippen LogP) is 5.09. The smallest absolute Gasteiger partial charge is 0.234 e. The lowest BCUT2D eigenvalue weighted by molar-refractivity contribution is -0.113. The molecule has 1 amide bonds. The number of hydrogen-bond acceptors (Lipinski definition) is 3. The van der Waals surface area contributed by atoms with Gasteiger partial charge in [-0.25, -0.2) is 0 Å². The van der Waals surface area contributed by atoms with Gasteiger partial charge in [-0.2, -0.15) is 0 Å². The number of rotatable bonds is 5. The van der Waals surface area contributed by atoms with Crippen molar-refractivity contribution in [3.63, 3.8) is 0 Å². The number of hydrogen-bond donors (Lipinski definition) is 1. The molecule has 0 aliphatic rings. The van der Waals surface area contributed by atoms with Gasteiger partial charge in [0.2, 0.25) is 5.91 Å². The number of benzene rings is 2. The quantitative estimate of drug-likeness (QED) is 0.660. The highest BCUT2D eigenvalue weighted by Gasteiger charge is 2.10. The molecule has 0 unspecified atom stereocenters. The zero-order chi connectivity index (χ0) is 16.9. The summed E-state index contributed by atoms with van der Waals surface area (Å²) >= 11 is 1.52. The average molecular weight is 336 g/mol. The maximum absolute atomic E-state index is 12.3. The number of nitrogens with one attached hydrogen (secondary N) is 1. The second kappa shape index (κ2) is 7.49. The van der Waals surface area contributed by atoms with Gasteiger partial charge in [0.15, 0.2) is 0 Å². The van der Waals surface area contributed by atoms with Crippen LogP contribution >= 0.6 is 11.8 Å². The second-order valence-corrected chi connectivity index (χ2v) is 6.93. The zero-order valence-electron chi connectivity index (χ0n) is 13.8. The van der Waals surface area contributed by atoms with E-state index in [9.17, 15) is 4.79 Å². The lowest BCUT2D eigenvalue weighted by Crippen LogP contribution is -2.15. The van der Waals surface area contributed by atoms with Gasteiger partial charge < -0.3 is 5.32 Å². The molecule has 0 aliphatic carbocycles. The van der Waals surface area contributed by atoms with Gasteiger partial charge in [-0.1, -0.05) is 50.2 Å². The van der Waals surface area contributed by atoms with Crippen molar-refractivity contribution < 1.29 is 4.79 Å². The van der Waals surface area contributed by atoms with Crippen molar-refractivity contribution in [1.82, 2.24) is 4.98 Å². The predicted molar refractivity (Wildman–Crippen MR) is 102 cm³/mol. The summed E-state index contributed by atoms with van der Waals surface area (Å²) in [5.41, 5.74) is 3.00. The molecule has 0 bridgehead atoms. The minimum atomic E-state index is 0.000958. The van der Waals surface area contributed by atoms with Crippen LogP contribution in [0.15, 0.2) is 65.7 Å². The van der Waals surface area contributed by atoms with Crippen LogP contribution in [0.4, 0.5) is 5.69 Å². The average Bonchev–Trinajstić information content (AvgIpc) is 2.60. The van der Waals surface area contributed by atoms with E-state index < -0.39 is 0 Å². The minimum absolute atomic E-state index is 0.000958. The minimum Gasteiger partial charge on any atom is -0.325 e. The monoisotopic (exact) mass is 336 g/mol. The summed E-state index contributed by atoms with van der Waals surface area (Å²) < 4.78 is 0. The first-order chi connectivity index (χ1) is 11.6. The molecule has 2 aromatic carbocycles. The molecule has 4 heteroatoms. The van der Waals surface area contributed by atoms with E-state index in [0.29, 0.717) is 11.7 Å². The molecule has 3 nitrogen and oxygen atoms in total. The Kier molecular flexibility index (Phi) is 5.16. The third kappa shape index (κ3) is 3.77. The van der Waals surface area contributed by atoms with Gasteiger partial charge in [0.05, 0.1) is 11.3 Å². The van der Waals surface area contributed by atoms with Crippen LogP contribution in [0.25, 0.3) is 10.9 Å². The SMILES string of the molecule is CC(C)c1ccccc1NC(=O)CSc1cccc2cccnc12. The third-order valence-corrected chi connectivity index (χ3v) is 4.86. The van der Waals surface area contributed by atoms with E-state index in [0.717, 1.165) is 27.0 Å². The highest BCUT2D eigenvalue weighted by Crippen LogP contribution is 2.27. The fourth-order valence-corrected chi connectivity index (χ4v) is 3.48. The molecule has 1 heterocycles. The number of carbonyl (C=O) groups excluding carboxylic acids is 1. The van der Waals surface area contributed by atoms with Crippen molar-refractivity contribution in [2.75, 3.05) is 11.1 Å². The van der Waals surface area contributed by atoms with E-state index in [1.54, 1.807) is 6.20 Å². The first kappa shape index (κ1) is 16.5. The summed E-state index contributed by atoms with van der Waals surface area (Å²) in [7, 11) is 0. The van der Waals surface area contributed by atoms with Crippen LogP contribution in [-0.4, -0.2) is 16.6 Å². The summed E-state index contributed by atoms with van der Waals surface area (Å²) in [6, 6.07) is 18.0. The zero-order valence-corrected chi connectivity index (χ0v) is 14.6. The van der Waals surface area contributed by atoms with E-state index in [1.807, 2.05) is 48.5 Å². The number of fused-ring (bicyclic) bond motifs is 1. The van der Waals surface area contributed by atoms with Gasteiger partial charge in [0, 0.05) is 22.2 Å². The Morgan fingerprint density at radius 3 is 2.71 bits per heavy atom. The first-order valence-electron chi connectivity index (χ1n) is 8.00. The molecule has 0 radical (unpaired) electrons. The number of nitrogens with zero attached hydrogens (tertiary/aromatic N) is 1. The molecule has 0 saturated carbocycles. The molecule has 1 aromatic heterocycles. The van der Waals surface area contributed by atoms with Crippen LogP contribution in [-0.2, 0) is 4.79 Å². The molecule has 0 fully saturated rings. The Balaban J connectivity index is 1.70. The van der Waals surface area contributed by atoms with Crippen molar-refractivity contribution in [2.45, 2.75) is 24.7 Å². The topological polar surface area (TPSA) is 42.0 Å². The summed E-state index contributed by atoms with van der Waals surface area (Å²) in [6.45, 7) is 4.25. The van der Waals surface area contributed by atoms with Crippen LogP contribution in [0.2, 0.25) is 0 Å². The van der Waals surface area contributed by atoms with Crippen molar-refractivity contribution >= 4 is 34.3 Å². The highest BCUT2D eigenvalue weighted by atomic mass is 32.2. The Labute approximate surface area is 146 Å². The van der Waals surface area contributed by atoms with E-state index in [4.69, 9.17) is 0 Å². The molecule has 0 saturated heterocycles. The lowest BCUT2D eigenvalue weighted by Gasteiger charge is -2.13. The number of aromatic nitrogens is 1. The first-order valence-corrected chi connectivity index (χ1v) is 8.99. The molecule has 3 rings (SSSR count).